The second-order valence-corrected chi connectivity index (χ2v) is 8.48. The highest BCUT2D eigenvalue weighted by molar-refractivity contribution is 6.33. The molecular weight excluding hydrogens is 419 g/mol. The lowest BCUT2D eigenvalue weighted by atomic mass is 9.97. The van der Waals surface area contributed by atoms with Crippen LogP contribution in [0.25, 0.3) is 22.8 Å². The molecule has 4 heterocycles. The van der Waals surface area contributed by atoms with Crippen LogP contribution < -0.4 is 10.6 Å². The predicted octanol–water partition coefficient (Wildman–Crippen LogP) is 3.62. The molecule has 5 rings (SSSR count). The van der Waals surface area contributed by atoms with Crippen molar-refractivity contribution >= 4 is 29.4 Å². The molecular formula is C22H24ClFN6O. The van der Waals surface area contributed by atoms with E-state index >= 15 is 0 Å². The first kappa shape index (κ1) is 20.2. The first-order valence-corrected chi connectivity index (χ1v) is 10.8. The van der Waals surface area contributed by atoms with E-state index in [1.165, 1.54) is 25.0 Å². The molecule has 2 aliphatic rings. The third-order valence-corrected chi connectivity index (χ3v) is 6.22. The van der Waals surface area contributed by atoms with E-state index in [1.807, 2.05) is 10.5 Å². The average molecular weight is 443 g/mol. The lowest BCUT2D eigenvalue weighted by Gasteiger charge is -2.30. The molecule has 7 nitrogen and oxygen atoms in total. The second kappa shape index (κ2) is 8.45. The third kappa shape index (κ3) is 4.11. The standard InChI is InChI=1S/C22H24ClFN6O/c1-29-8-5-14(6-9-29)13-26-21-25-7-4-18(27-21)20-19(28-22-30(20)10-11-31-22)16-3-2-15(24)12-17(16)23/h2-4,7,10-12,14,21,26-27H,5-6,8-9,13H2,1H3. The number of aliphatic imine (C=N–C) groups is 1. The Hall–Kier alpha value is -2.68. The van der Waals surface area contributed by atoms with Crippen LogP contribution >= 0.6 is 11.6 Å². The Labute approximate surface area is 184 Å². The summed E-state index contributed by atoms with van der Waals surface area (Å²) in [6.07, 6.45) is 9.19. The fraction of sp³-hybridized carbons (Fsp3) is 0.364. The van der Waals surface area contributed by atoms with Crippen molar-refractivity contribution in [1.82, 2.24) is 24.9 Å². The van der Waals surface area contributed by atoms with E-state index in [-0.39, 0.29) is 6.29 Å². The molecule has 1 atom stereocenters. The van der Waals surface area contributed by atoms with Crippen molar-refractivity contribution in [1.29, 1.82) is 0 Å². The SMILES string of the molecule is CN1CCC(CNC2N=CC=C(c3c(-c4ccc(F)cc4Cl)nc4occn34)N2)CC1. The number of rotatable bonds is 5. The van der Waals surface area contributed by atoms with E-state index in [0.717, 1.165) is 31.0 Å². The number of hydrogen-bond acceptors (Lipinski definition) is 6. The summed E-state index contributed by atoms with van der Waals surface area (Å²) >= 11 is 6.34. The van der Waals surface area contributed by atoms with Gasteiger partial charge in [0.2, 0.25) is 0 Å². The van der Waals surface area contributed by atoms with E-state index in [4.69, 9.17) is 16.0 Å². The number of oxazole rings is 1. The molecule has 0 spiro atoms. The Morgan fingerprint density at radius 1 is 1.32 bits per heavy atom. The highest BCUT2D eigenvalue weighted by atomic mass is 35.5. The number of nitrogens with one attached hydrogen (secondary N) is 2. The molecule has 31 heavy (non-hydrogen) atoms. The van der Waals surface area contributed by atoms with Crippen molar-refractivity contribution in [3.05, 3.63) is 53.3 Å². The van der Waals surface area contributed by atoms with Crippen molar-refractivity contribution in [2.75, 3.05) is 26.7 Å². The van der Waals surface area contributed by atoms with E-state index < -0.39 is 5.82 Å². The minimum absolute atomic E-state index is 0.242. The molecule has 3 aromatic rings. The van der Waals surface area contributed by atoms with Crippen molar-refractivity contribution in [2.24, 2.45) is 10.9 Å². The van der Waals surface area contributed by atoms with Gasteiger partial charge < -0.3 is 14.6 Å². The number of piperidine rings is 1. The van der Waals surface area contributed by atoms with Gasteiger partial charge in [0.05, 0.1) is 16.4 Å². The van der Waals surface area contributed by atoms with Gasteiger partial charge >= 0.3 is 5.84 Å². The van der Waals surface area contributed by atoms with Gasteiger partial charge in [-0.15, -0.1) is 0 Å². The Morgan fingerprint density at radius 2 is 2.16 bits per heavy atom. The summed E-state index contributed by atoms with van der Waals surface area (Å²) in [7, 11) is 2.17. The van der Waals surface area contributed by atoms with Gasteiger partial charge in [-0.05, 0) is 63.2 Å². The van der Waals surface area contributed by atoms with Crippen molar-refractivity contribution < 1.29 is 8.81 Å². The topological polar surface area (TPSA) is 70.1 Å². The monoisotopic (exact) mass is 442 g/mol. The molecule has 0 radical (unpaired) electrons. The van der Waals surface area contributed by atoms with Crippen LogP contribution in [0.15, 0.2) is 46.1 Å². The van der Waals surface area contributed by atoms with Gasteiger partial charge in [0.25, 0.3) is 0 Å². The Morgan fingerprint density at radius 3 is 2.97 bits per heavy atom. The lowest BCUT2D eigenvalue weighted by molar-refractivity contribution is 0.212. The Bertz CT molecular complexity index is 1140. The minimum atomic E-state index is -0.390. The lowest BCUT2D eigenvalue weighted by Crippen LogP contribution is -2.45. The second-order valence-electron chi connectivity index (χ2n) is 8.07. The largest absolute Gasteiger partial charge is 0.432 e. The molecule has 2 aliphatic heterocycles. The first-order chi connectivity index (χ1) is 15.1. The summed E-state index contributed by atoms with van der Waals surface area (Å²) in [4.78, 5) is 11.5. The molecule has 1 unspecified atom stereocenters. The van der Waals surface area contributed by atoms with Gasteiger partial charge in [-0.2, -0.15) is 4.98 Å². The van der Waals surface area contributed by atoms with Crippen molar-refractivity contribution in [2.45, 2.75) is 19.1 Å². The number of fused-ring (bicyclic) bond motifs is 1. The molecule has 0 amide bonds. The van der Waals surface area contributed by atoms with Gasteiger partial charge in [-0.3, -0.25) is 14.7 Å². The third-order valence-electron chi connectivity index (χ3n) is 5.91. The molecule has 0 saturated carbocycles. The summed E-state index contributed by atoms with van der Waals surface area (Å²) in [6, 6.07) is 4.30. The number of nitrogens with zero attached hydrogens (tertiary/aromatic N) is 4. The number of likely N-dealkylation sites (tertiary alicyclic amines) is 1. The maximum Gasteiger partial charge on any atom is 0.306 e. The number of benzene rings is 1. The van der Waals surface area contributed by atoms with Crippen LogP contribution in [-0.2, 0) is 0 Å². The molecule has 1 saturated heterocycles. The summed E-state index contributed by atoms with van der Waals surface area (Å²) in [5.74, 6) is 0.691. The van der Waals surface area contributed by atoms with Crippen LogP contribution in [0.1, 0.15) is 18.5 Å². The molecule has 2 aromatic heterocycles. The Kier molecular flexibility index (Phi) is 5.52. The van der Waals surface area contributed by atoms with Crippen LogP contribution in [0.4, 0.5) is 4.39 Å². The van der Waals surface area contributed by atoms with Gasteiger partial charge in [-0.25, -0.2) is 4.39 Å². The summed E-state index contributed by atoms with van der Waals surface area (Å²) in [6.45, 7) is 3.17. The van der Waals surface area contributed by atoms with Gasteiger partial charge in [-0.1, -0.05) is 11.6 Å². The van der Waals surface area contributed by atoms with E-state index in [0.29, 0.717) is 28.0 Å². The van der Waals surface area contributed by atoms with Gasteiger partial charge in [0, 0.05) is 24.5 Å². The zero-order valence-corrected chi connectivity index (χ0v) is 17.9. The highest BCUT2D eigenvalue weighted by Gasteiger charge is 2.24. The zero-order valence-electron chi connectivity index (χ0n) is 17.2. The molecule has 9 heteroatoms. The smallest absolute Gasteiger partial charge is 0.306 e. The maximum absolute atomic E-state index is 13.6. The number of halogens is 2. The first-order valence-electron chi connectivity index (χ1n) is 10.4. The normalized spacial score (nSPS) is 20.2. The van der Waals surface area contributed by atoms with E-state index in [1.54, 1.807) is 24.7 Å². The Balaban J connectivity index is 1.39. The van der Waals surface area contributed by atoms with Gasteiger partial charge in [0.15, 0.2) is 6.29 Å². The number of aromatic nitrogens is 2. The van der Waals surface area contributed by atoms with Crippen LogP contribution in [0.2, 0.25) is 5.02 Å². The number of allylic oxidation sites excluding steroid dienone is 1. The molecule has 0 bridgehead atoms. The minimum Gasteiger partial charge on any atom is -0.432 e. The fourth-order valence-electron chi connectivity index (χ4n) is 4.14. The quantitative estimate of drug-likeness (QED) is 0.631. The van der Waals surface area contributed by atoms with E-state index in [2.05, 4.69) is 32.6 Å². The molecule has 1 fully saturated rings. The van der Waals surface area contributed by atoms with Crippen LogP contribution in [-0.4, -0.2) is 53.5 Å². The average Bonchev–Trinajstić information content (AvgIpc) is 3.35. The number of imidazole rings is 1. The summed E-state index contributed by atoms with van der Waals surface area (Å²) < 4.78 is 20.9. The highest BCUT2D eigenvalue weighted by Crippen LogP contribution is 2.34. The van der Waals surface area contributed by atoms with Gasteiger partial charge in [0.1, 0.15) is 17.8 Å². The van der Waals surface area contributed by atoms with Crippen LogP contribution in [0.5, 0.6) is 0 Å². The molecule has 1 aromatic carbocycles. The zero-order chi connectivity index (χ0) is 21.4. The fourth-order valence-corrected chi connectivity index (χ4v) is 4.40. The summed E-state index contributed by atoms with van der Waals surface area (Å²) in [5, 5.41) is 7.27. The predicted molar refractivity (Wildman–Crippen MR) is 119 cm³/mol. The molecule has 2 N–H and O–H groups in total. The molecule has 162 valence electrons. The van der Waals surface area contributed by atoms with Crippen molar-refractivity contribution in [3.8, 4) is 11.3 Å². The van der Waals surface area contributed by atoms with Crippen LogP contribution in [0, 0.1) is 11.7 Å². The number of hydrogen-bond donors (Lipinski definition) is 2. The van der Waals surface area contributed by atoms with E-state index in [9.17, 15) is 4.39 Å². The van der Waals surface area contributed by atoms with Crippen LogP contribution in [0.3, 0.4) is 0 Å². The maximum atomic E-state index is 13.6. The molecule has 0 aliphatic carbocycles. The summed E-state index contributed by atoms with van der Waals surface area (Å²) in [5.41, 5.74) is 2.88. The van der Waals surface area contributed by atoms with Crippen molar-refractivity contribution in [3.63, 3.8) is 0 Å².